The number of aryl methyl sites for hydroxylation is 1. The molecule has 8 heteroatoms. The molecule has 3 aromatic rings. The van der Waals surface area contributed by atoms with Gasteiger partial charge in [0.1, 0.15) is 30.1 Å². The molecule has 4 rings (SSSR count). The summed E-state index contributed by atoms with van der Waals surface area (Å²) in [7, 11) is 0. The van der Waals surface area contributed by atoms with Crippen LogP contribution in [0.25, 0.3) is 10.9 Å². The van der Waals surface area contributed by atoms with Gasteiger partial charge in [-0.1, -0.05) is 0 Å². The predicted octanol–water partition coefficient (Wildman–Crippen LogP) is 2.03. The number of ketones is 1. The molecule has 1 amide bonds. The molecule has 0 radical (unpaired) electrons. The second-order valence-corrected chi connectivity index (χ2v) is 6.45. The Morgan fingerprint density at radius 1 is 1.30 bits per heavy atom. The van der Waals surface area contributed by atoms with Crippen molar-refractivity contribution >= 4 is 34.1 Å². The molecular formula is C19H19N5O3. The molecule has 0 aliphatic carbocycles. The Kier molecular flexibility index (Phi) is 4.23. The standard InChI is InChI=1S/C19H19N5O3/c1-12(25)4-6-23-7-5-13-10-14(2-3-15(13)23)24-8-9-27-18-16(19(24)26)17(20)21-11-22-18/h2-3,5,7,10-11H,4,6,8-9H2,1H3,(H2,20,21,22). The Bertz CT molecular complexity index is 1040. The number of anilines is 2. The first-order valence-corrected chi connectivity index (χ1v) is 8.68. The lowest BCUT2D eigenvalue weighted by atomic mass is 10.2. The number of hydrogen-bond acceptors (Lipinski definition) is 6. The van der Waals surface area contributed by atoms with Gasteiger partial charge in [0.15, 0.2) is 0 Å². The zero-order valence-electron chi connectivity index (χ0n) is 14.9. The highest BCUT2D eigenvalue weighted by Gasteiger charge is 2.28. The van der Waals surface area contributed by atoms with E-state index in [0.717, 1.165) is 16.6 Å². The summed E-state index contributed by atoms with van der Waals surface area (Å²) >= 11 is 0. The van der Waals surface area contributed by atoms with Gasteiger partial charge in [-0.3, -0.25) is 9.59 Å². The molecule has 2 aromatic heterocycles. The minimum absolute atomic E-state index is 0.105. The van der Waals surface area contributed by atoms with Crippen LogP contribution in [0, 0.1) is 0 Å². The first-order chi connectivity index (χ1) is 13.0. The summed E-state index contributed by atoms with van der Waals surface area (Å²) in [5.74, 6) is 0.192. The van der Waals surface area contributed by atoms with Crippen LogP contribution in [0.3, 0.4) is 0 Å². The highest BCUT2D eigenvalue weighted by Crippen LogP contribution is 2.29. The molecule has 0 bridgehead atoms. The first kappa shape index (κ1) is 17.0. The third-order valence-electron chi connectivity index (χ3n) is 4.63. The van der Waals surface area contributed by atoms with Gasteiger partial charge < -0.3 is 19.9 Å². The van der Waals surface area contributed by atoms with Crippen LogP contribution in [0.4, 0.5) is 11.5 Å². The third kappa shape index (κ3) is 3.10. The van der Waals surface area contributed by atoms with Crippen LogP contribution in [-0.2, 0) is 11.3 Å². The van der Waals surface area contributed by atoms with E-state index in [2.05, 4.69) is 9.97 Å². The lowest BCUT2D eigenvalue weighted by Crippen LogP contribution is -2.32. The fourth-order valence-corrected chi connectivity index (χ4v) is 3.24. The Morgan fingerprint density at radius 3 is 2.96 bits per heavy atom. The van der Waals surface area contributed by atoms with E-state index in [0.29, 0.717) is 26.1 Å². The molecule has 0 unspecified atom stereocenters. The van der Waals surface area contributed by atoms with Crippen molar-refractivity contribution in [2.75, 3.05) is 23.8 Å². The van der Waals surface area contributed by atoms with Gasteiger partial charge in [0, 0.05) is 35.8 Å². The molecule has 27 heavy (non-hydrogen) atoms. The molecular weight excluding hydrogens is 346 g/mol. The zero-order valence-corrected chi connectivity index (χ0v) is 14.9. The molecule has 2 N–H and O–H groups in total. The van der Waals surface area contributed by atoms with E-state index in [9.17, 15) is 9.59 Å². The highest BCUT2D eigenvalue weighted by molar-refractivity contribution is 6.11. The largest absolute Gasteiger partial charge is 0.475 e. The molecule has 8 nitrogen and oxygen atoms in total. The van der Waals surface area contributed by atoms with Crippen molar-refractivity contribution in [3.05, 3.63) is 42.4 Å². The summed E-state index contributed by atoms with van der Waals surface area (Å²) in [6.07, 6.45) is 3.72. The van der Waals surface area contributed by atoms with E-state index >= 15 is 0 Å². The number of Topliss-reactive ketones (excluding diaryl/α,β-unsaturated/α-hetero) is 1. The minimum Gasteiger partial charge on any atom is -0.475 e. The second-order valence-electron chi connectivity index (χ2n) is 6.45. The van der Waals surface area contributed by atoms with Crippen molar-refractivity contribution in [1.29, 1.82) is 0 Å². The van der Waals surface area contributed by atoms with Crippen molar-refractivity contribution in [3.63, 3.8) is 0 Å². The number of ether oxygens (including phenoxy) is 1. The van der Waals surface area contributed by atoms with Crippen LogP contribution in [0.15, 0.2) is 36.8 Å². The van der Waals surface area contributed by atoms with Crippen LogP contribution in [-0.4, -0.2) is 39.4 Å². The number of rotatable bonds is 4. The van der Waals surface area contributed by atoms with E-state index in [-0.39, 0.29) is 29.0 Å². The fourth-order valence-electron chi connectivity index (χ4n) is 3.24. The summed E-state index contributed by atoms with van der Waals surface area (Å²) in [6.45, 7) is 2.91. The topological polar surface area (TPSA) is 103 Å². The molecule has 3 heterocycles. The van der Waals surface area contributed by atoms with Crippen molar-refractivity contribution in [2.45, 2.75) is 19.9 Å². The second kappa shape index (κ2) is 6.71. The zero-order chi connectivity index (χ0) is 19.0. The Labute approximate surface area is 155 Å². The smallest absolute Gasteiger partial charge is 0.267 e. The fraction of sp³-hybridized carbons (Fsp3) is 0.263. The number of fused-ring (bicyclic) bond motifs is 2. The van der Waals surface area contributed by atoms with Gasteiger partial charge in [0.2, 0.25) is 5.88 Å². The van der Waals surface area contributed by atoms with Crippen LogP contribution >= 0.6 is 0 Å². The number of carbonyl (C=O) groups excluding carboxylic acids is 2. The number of carbonyl (C=O) groups is 2. The number of amides is 1. The highest BCUT2D eigenvalue weighted by atomic mass is 16.5. The SMILES string of the molecule is CC(=O)CCn1ccc2cc(N3CCOc4ncnc(N)c4C3=O)ccc21. The number of nitrogen functional groups attached to an aromatic ring is 1. The molecule has 0 saturated heterocycles. The van der Waals surface area contributed by atoms with Gasteiger partial charge >= 0.3 is 0 Å². The van der Waals surface area contributed by atoms with Crippen LogP contribution in [0.1, 0.15) is 23.7 Å². The van der Waals surface area contributed by atoms with E-state index in [1.54, 1.807) is 11.8 Å². The van der Waals surface area contributed by atoms with E-state index in [4.69, 9.17) is 10.5 Å². The predicted molar refractivity (Wildman–Crippen MR) is 101 cm³/mol. The molecule has 1 aliphatic rings. The summed E-state index contributed by atoms with van der Waals surface area (Å²) in [5.41, 5.74) is 7.83. The summed E-state index contributed by atoms with van der Waals surface area (Å²) in [6, 6.07) is 7.76. The third-order valence-corrected chi connectivity index (χ3v) is 4.63. The molecule has 0 spiro atoms. The molecule has 0 fully saturated rings. The number of aromatic nitrogens is 3. The Hall–Kier alpha value is -3.42. The lowest BCUT2D eigenvalue weighted by Gasteiger charge is -2.20. The van der Waals surface area contributed by atoms with Gasteiger partial charge in [-0.2, -0.15) is 0 Å². The average molecular weight is 365 g/mol. The van der Waals surface area contributed by atoms with Crippen molar-refractivity contribution in [1.82, 2.24) is 14.5 Å². The maximum atomic E-state index is 13.0. The Balaban J connectivity index is 1.69. The quantitative estimate of drug-likeness (QED) is 0.759. The van der Waals surface area contributed by atoms with E-state index in [1.165, 1.54) is 6.33 Å². The maximum absolute atomic E-state index is 13.0. The van der Waals surface area contributed by atoms with E-state index in [1.807, 2.05) is 35.0 Å². The van der Waals surface area contributed by atoms with E-state index < -0.39 is 0 Å². The summed E-state index contributed by atoms with van der Waals surface area (Å²) < 4.78 is 7.60. The van der Waals surface area contributed by atoms with Crippen LogP contribution < -0.4 is 15.4 Å². The van der Waals surface area contributed by atoms with Gasteiger partial charge in [-0.15, -0.1) is 0 Å². The van der Waals surface area contributed by atoms with Gasteiger partial charge in [0.25, 0.3) is 5.91 Å². The normalized spacial score (nSPS) is 14.0. The van der Waals surface area contributed by atoms with Gasteiger partial charge in [-0.05, 0) is 31.2 Å². The average Bonchev–Trinajstić information content (AvgIpc) is 2.96. The van der Waals surface area contributed by atoms with Crippen molar-refractivity contribution in [2.24, 2.45) is 0 Å². The molecule has 138 valence electrons. The summed E-state index contributed by atoms with van der Waals surface area (Å²) in [4.78, 5) is 33.8. The number of benzene rings is 1. The minimum atomic E-state index is -0.282. The number of nitrogens with zero attached hydrogens (tertiary/aromatic N) is 4. The van der Waals surface area contributed by atoms with Gasteiger partial charge in [-0.25, -0.2) is 9.97 Å². The number of nitrogens with two attached hydrogens (primary N) is 1. The monoisotopic (exact) mass is 365 g/mol. The first-order valence-electron chi connectivity index (χ1n) is 8.68. The van der Waals surface area contributed by atoms with Crippen molar-refractivity contribution in [3.8, 4) is 5.88 Å². The van der Waals surface area contributed by atoms with Gasteiger partial charge in [0.05, 0.1) is 6.54 Å². The molecule has 0 saturated carbocycles. The molecule has 0 atom stereocenters. The lowest BCUT2D eigenvalue weighted by molar-refractivity contribution is -0.117. The maximum Gasteiger partial charge on any atom is 0.267 e. The Morgan fingerprint density at radius 2 is 2.15 bits per heavy atom. The van der Waals surface area contributed by atoms with Crippen LogP contribution in [0.2, 0.25) is 0 Å². The molecule has 1 aromatic carbocycles. The summed E-state index contributed by atoms with van der Waals surface area (Å²) in [5, 5.41) is 0.992. The van der Waals surface area contributed by atoms with Crippen molar-refractivity contribution < 1.29 is 14.3 Å². The van der Waals surface area contributed by atoms with Crippen LogP contribution in [0.5, 0.6) is 5.88 Å². The molecule has 1 aliphatic heterocycles. The number of hydrogen-bond donors (Lipinski definition) is 1.